The van der Waals surface area contributed by atoms with Gasteiger partial charge in [-0.1, -0.05) is 265 Å². The van der Waals surface area contributed by atoms with Crippen LogP contribution < -0.4 is 49.0 Å². The molecule has 26 rings (SSSR count). The predicted molar refractivity (Wildman–Crippen MR) is 601 cm³/mol. The summed E-state index contributed by atoms with van der Waals surface area (Å²) in [5.41, 5.74) is 30.9. The van der Waals surface area contributed by atoms with Gasteiger partial charge in [-0.3, -0.25) is 4.90 Å². The third-order valence-corrected chi connectivity index (χ3v) is 28.6. The molecule has 0 spiro atoms. The van der Waals surface area contributed by atoms with Crippen LogP contribution in [0.5, 0.6) is 0 Å². The molecule has 19 nitrogen and oxygen atoms in total. The summed E-state index contributed by atoms with van der Waals surface area (Å²) in [5, 5.41) is 11.5. The Balaban J connectivity index is 0.000000121. The van der Waals surface area contributed by atoms with E-state index in [9.17, 15) is 0 Å². The molecule has 5 unspecified atom stereocenters. The Labute approximate surface area is 834 Å². The molecule has 5 aliphatic rings. The smallest absolute Gasteiger partial charge is 0.178 e. The molecule has 0 N–H and O–H groups in total. The first-order valence-electron chi connectivity index (χ1n) is 47.5. The van der Waals surface area contributed by atoms with Gasteiger partial charge in [-0.05, 0) is 199 Å². The molecule has 0 amide bonds. The molecular formula is C123H130N14O5. The Kier molecular flexibility index (Phi) is 26.8. The van der Waals surface area contributed by atoms with E-state index in [1.807, 2.05) is 92.2 Å². The van der Waals surface area contributed by atoms with Crippen LogP contribution in [-0.4, -0.2) is 71.9 Å². The zero-order valence-electron chi connectivity index (χ0n) is 80.4. The predicted octanol–water partition coefficient (Wildman–Crippen LogP) is 34.1. The summed E-state index contributed by atoms with van der Waals surface area (Å²) in [4.78, 5) is 41.4. The second-order valence-electron chi connectivity index (χ2n) is 37.3. The molecule has 5 aliphatic heterocycles. The number of hydrogen-bond donors (Lipinski definition) is 0. The zero-order valence-corrected chi connectivity index (χ0v) is 80.4. The van der Waals surface area contributed by atoms with Gasteiger partial charge in [0.15, 0.2) is 51.2 Å². The summed E-state index contributed by atoms with van der Waals surface area (Å²) in [6.07, 6.45) is 12.3. The lowest BCUT2D eigenvalue weighted by Crippen LogP contribution is -2.37. The Morgan fingerprint density at radius 2 is 0.535 bits per heavy atom. The first-order valence-corrected chi connectivity index (χ1v) is 47.5. The molecule has 0 radical (unpaired) electrons. The number of para-hydroxylation sites is 9. The highest BCUT2D eigenvalue weighted by atomic mass is 16.3. The van der Waals surface area contributed by atoms with Gasteiger partial charge < -0.3 is 66.2 Å². The summed E-state index contributed by atoms with van der Waals surface area (Å²) >= 11 is 0. The highest BCUT2D eigenvalue weighted by Gasteiger charge is 2.42. The summed E-state index contributed by atoms with van der Waals surface area (Å²) < 4.78 is 31.7. The zero-order chi connectivity index (χ0) is 94.2. The lowest BCUT2D eigenvalue weighted by atomic mass is 9.92. The van der Waals surface area contributed by atoms with Crippen LogP contribution in [0, 0.1) is 34.6 Å². The van der Waals surface area contributed by atoms with Gasteiger partial charge in [0.25, 0.3) is 0 Å². The molecule has 5 atom stereocenters. The van der Waals surface area contributed by atoms with E-state index in [2.05, 4.69) is 399 Å². The third-order valence-electron chi connectivity index (χ3n) is 28.6. The average Bonchev–Trinajstić information content (AvgIpc) is 1.74. The normalized spacial score (nSPS) is 16.0. The fourth-order valence-electron chi connectivity index (χ4n) is 21.3. The van der Waals surface area contributed by atoms with Crippen molar-refractivity contribution in [1.82, 2.24) is 19.9 Å². The van der Waals surface area contributed by atoms with Crippen molar-refractivity contribution in [2.45, 2.75) is 177 Å². The van der Waals surface area contributed by atoms with Crippen molar-refractivity contribution < 1.29 is 22.1 Å². The minimum Gasteiger partial charge on any atom is -0.454 e. The van der Waals surface area contributed by atoms with Gasteiger partial charge in [0, 0.05) is 124 Å². The molecule has 0 saturated carbocycles. The molecule has 13 heterocycles. The topological polar surface area (TPSA) is 150 Å². The van der Waals surface area contributed by atoms with Crippen LogP contribution in [0.25, 0.3) is 110 Å². The number of furan rings is 5. The SMILES string of the molecule is C.C.C.C.C.Cc1ccc2c(oc3ccccc32)c1N1C=CN(c2c(C(C)C)cccc2C(C)C)C1C.Cc1ccc2c(oc3ccccc32)c1N1c2ccccc2N(c2ccccc2)C1C.Cc1ccc2c(oc3ccccc32)c1N1c2cccnc2N(C)C1C.Cc1ccc2c(oc3ccccc32)c1N1c2ncccc2N(C)C1C.Cc1ccc2c(oc3ccccc32)c1N1c2nccnc2N(C)C1C. The van der Waals surface area contributed by atoms with Gasteiger partial charge in [-0.2, -0.15) is 0 Å². The average molecular weight is 1880 g/mol. The Bertz CT molecular complexity index is 7840. The van der Waals surface area contributed by atoms with Gasteiger partial charge in [0.05, 0.1) is 51.2 Å². The number of hydrogen-bond acceptors (Lipinski definition) is 19. The third kappa shape index (κ3) is 15.9. The molecule has 0 fully saturated rings. The van der Waals surface area contributed by atoms with Crippen molar-refractivity contribution in [3.05, 3.63) is 355 Å². The highest BCUT2D eigenvalue weighted by molar-refractivity contribution is 6.16. The van der Waals surface area contributed by atoms with E-state index in [0.29, 0.717) is 11.8 Å². The van der Waals surface area contributed by atoms with E-state index in [0.717, 1.165) is 168 Å². The molecule has 142 heavy (non-hydrogen) atoms. The lowest BCUT2D eigenvalue weighted by Gasteiger charge is -2.34. The number of fused-ring (bicyclic) bond motifs is 19. The van der Waals surface area contributed by atoms with E-state index in [-0.39, 0.29) is 68.0 Å². The number of aryl methyl sites for hydroxylation is 5. The van der Waals surface area contributed by atoms with Crippen LogP contribution in [0.15, 0.2) is 338 Å². The summed E-state index contributed by atoms with van der Waals surface area (Å²) in [7, 11) is 6.25. The number of benzene rings is 13. The number of anilines is 15. The second kappa shape index (κ2) is 39.0. The Morgan fingerprint density at radius 3 is 0.958 bits per heavy atom. The molecule has 722 valence electrons. The quantitative estimate of drug-likeness (QED) is 0.135. The fourth-order valence-corrected chi connectivity index (χ4v) is 21.3. The van der Waals surface area contributed by atoms with Gasteiger partial charge in [-0.15, -0.1) is 0 Å². The summed E-state index contributed by atoms with van der Waals surface area (Å²) in [6.45, 7) is 31.0. The van der Waals surface area contributed by atoms with E-state index < -0.39 is 0 Å². The fraction of sp³-hybridized carbons (Fsp3) is 0.236. The summed E-state index contributed by atoms with van der Waals surface area (Å²) in [6, 6.07) is 97.2. The maximum absolute atomic E-state index is 6.42. The van der Waals surface area contributed by atoms with E-state index >= 15 is 0 Å². The van der Waals surface area contributed by atoms with Crippen molar-refractivity contribution in [2.24, 2.45) is 0 Å². The van der Waals surface area contributed by atoms with E-state index in [1.165, 1.54) is 66.9 Å². The highest BCUT2D eigenvalue weighted by Crippen LogP contribution is 2.55. The number of aromatic nitrogens is 4. The van der Waals surface area contributed by atoms with Gasteiger partial charge in [0.2, 0.25) is 0 Å². The molecule has 19 heteroatoms. The van der Waals surface area contributed by atoms with Crippen LogP contribution in [-0.2, 0) is 0 Å². The second-order valence-corrected chi connectivity index (χ2v) is 37.3. The van der Waals surface area contributed by atoms with Crippen molar-refractivity contribution in [2.75, 3.05) is 70.1 Å². The van der Waals surface area contributed by atoms with Crippen LogP contribution in [0.4, 0.5) is 85.8 Å². The van der Waals surface area contributed by atoms with Crippen LogP contribution >= 0.6 is 0 Å². The molecular weight excluding hydrogens is 1750 g/mol. The van der Waals surface area contributed by atoms with Gasteiger partial charge in [0.1, 0.15) is 58.7 Å². The van der Waals surface area contributed by atoms with Crippen LogP contribution in [0.2, 0.25) is 0 Å². The van der Waals surface area contributed by atoms with Crippen molar-refractivity contribution in [3.8, 4) is 0 Å². The van der Waals surface area contributed by atoms with Gasteiger partial charge in [-0.25, -0.2) is 19.9 Å². The molecule has 0 bridgehead atoms. The van der Waals surface area contributed by atoms with Gasteiger partial charge >= 0.3 is 0 Å². The van der Waals surface area contributed by atoms with E-state index in [4.69, 9.17) is 22.1 Å². The van der Waals surface area contributed by atoms with Crippen LogP contribution in [0.1, 0.15) is 150 Å². The number of rotatable bonds is 9. The molecule has 8 aromatic heterocycles. The minimum atomic E-state index is 0. The van der Waals surface area contributed by atoms with Crippen molar-refractivity contribution in [3.63, 3.8) is 0 Å². The maximum Gasteiger partial charge on any atom is 0.178 e. The van der Waals surface area contributed by atoms with Crippen molar-refractivity contribution in [1.29, 1.82) is 0 Å². The molecule has 0 aliphatic carbocycles. The molecule has 0 saturated heterocycles. The maximum atomic E-state index is 6.42. The lowest BCUT2D eigenvalue weighted by molar-refractivity contribution is 0.660. The first-order chi connectivity index (χ1) is 66.6. The number of nitrogens with zero attached hydrogens (tertiary/aromatic N) is 14. The molecule has 13 aromatic carbocycles. The molecule has 21 aromatic rings. The Hall–Kier alpha value is -16.0. The van der Waals surface area contributed by atoms with Crippen LogP contribution in [0.3, 0.4) is 0 Å². The number of pyridine rings is 2. The monoisotopic (exact) mass is 1880 g/mol. The standard InChI is InChI=1S/C29H32N2O.C27H22N2O.2C21H19N3O.C20H18N4O.5CH4/c1-18(2)22-11-9-12-23(19(3)4)28(22)31-17-16-30(21(31)6)27-20(5)14-15-25-24-10-7-8-13-26(24)32-29(25)27;1-18-16-17-22-21-12-6-9-15-25(21)30-27(22)26(18)29-19(2)28(20-10-4-3-5-11-20)23-13-7-8-14-24(23)29;1-13-10-11-16-15-7-4-5-9-18(15)25-20(16)19(13)24-14(2)23(3)21-17(24)8-6-12-22-21;1-13-10-11-16-15-7-4-5-9-18(15)25-20(16)19(13)24-14(2)23(3)17-8-6-12-22-21(17)24;1-12-8-9-15-14-6-4-5-7-16(14)25-18(15)17(12)24-13(2)23(3)19-20(24)22-11-10-21-19;;;;;/h7-19,21H,1-6H3;3-17,19H,1-2H3;2*4-12,14H,1-3H3;4-11,13H,1-3H3;5*1H4. The Morgan fingerprint density at radius 1 is 0.232 bits per heavy atom. The summed E-state index contributed by atoms with van der Waals surface area (Å²) in [5.74, 6) is 4.66. The first kappa shape index (κ1) is 97.6. The minimum absolute atomic E-state index is 0. The van der Waals surface area contributed by atoms with Crippen molar-refractivity contribution >= 4 is 196 Å². The largest absolute Gasteiger partial charge is 0.454 e. The van der Waals surface area contributed by atoms with E-state index in [1.54, 1.807) is 12.4 Å².